The first-order valence-corrected chi connectivity index (χ1v) is 20.6. The average Bonchev–Trinajstić information content (AvgIpc) is 3.19. The van der Waals surface area contributed by atoms with Gasteiger partial charge in [0, 0.05) is 52.5 Å². The van der Waals surface area contributed by atoms with Crippen LogP contribution in [0.4, 0.5) is 5.69 Å². The van der Waals surface area contributed by atoms with Crippen LogP contribution in [0.25, 0.3) is 0 Å². The van der Waals surface area contributed by atoms with Crippen LogP contribution in [0, 0.1) is 17.8 Å². The lowest BCUT2D eigenvalue weighted by Gasteiger charge is -2.53. The lowest BCUT2D eigenvalue weighted by atomic mass is 9.64. The molecule has 5 aliphatic rings. The molecule has 2 bridgehead atoms. The van der Waals surface area contributed by atoms with Gasteiger partial charge in [-0.3, -0.25) is 9.00 Å². The number of hydrogen-bond acceptors (Lipinski definition) is 7. The van der Waals surface area contributed by atoms with Crippen LogP contribution in [0.15, 0.2) is 52.9 Å². The number of rotatable bonds is 2. The molecule has 2 fully saturated rings. The van der Waals surface area contributed by atoms with E-state index in [-0.39, 0.29) is 16.9 Å². The van der Waals surface area contributed by atoms with Crippen LogP contribution in [-0.4, -0.2) is 64.4 Å². The Bertz CT molecular complexity index is 1590. The van der Waals surface area contributed by atoms with E-state index in [9.17, 15) is 9.00 Å². The molecule has 6 atom stereocenters. The number of nitrogens with zero attached hydrogens (tertiary/aromatic N) is 2. The lowest BCUT2D eigenvalue weighted by molar-refractivity contribution is -0.0638. The highest BCUT2D eigenvalue weighted by molar-refractivity contribution is 8.17. The molecule has 1 spiro atoms. The number of anilines is 1. The number of aryl methyl sites for hydroxylation is 1. The van der Waals surface area contributed by atoms with Crippen LogP contribution in [0.1, 0.15) is 66.9 Å². The summed E-state index contributed by atoms with van der Waals surface area (Å²) in [4.78, 5) is 15.9. The third-order valence-corrected chi connectivity index (χ3v) is 15.7. The number of benzene rings is 2. The molecule has 6 nitrogen and oxygen atoms in total. The van der Waals surface area contributed by atoms with Gasteiger partial charge < -0.3 is 14.4 Å². The number of halogens is 1. The highest BCUT2D eigenvalue weighted by Crippen LogP contribution is 2.54. The molecule has 0 aromatic heterocycles. The maximum Gasteiger partial charge on any atom is 0.284 e. The highest BCUT2D eigenvalue weighted by atomic mass is 35.5. The number of allylic oxidation sites excluding steroid dienone is 1. The second-order valence-electron chi connectivity index (χ2n) is 13.9. The molecule has 3 aliphatic heterocycles. The average molecular weight is 701 g/mol. The fraction of sp³-hybridized carbons (Fsp3) is 0.583. The first-order chi connectivity index (χ1) is 22.3. The number of thioether (sulfide) groups is 2. The number of hydrogen-bond donors (Lipinski definition) is 1. The van der Waals surface area contributed by atoms with Gasteiger partial charge in [0.1, 0.15) is 11.4 Å². The van der Waals surface area contributed by atoms with E-state index >= 15 is 0 Å². The Hall–Kier alpha value is -1.65. The predicted octanol–water partition coefficient (Wildman–Crippen LogP) is 7.82. The zero-order valence-electron chi connectivity index (χ0n) is 26.8. The topological polar surface area (TPSA) is 68.2 Å². The first kappa shape index (κ1) is 32.9. The molecule has 0 radical (unpaired) electrons. The summed E-state index contributed by atoms with van der Waals surface area (Å²) in [6.07, 6.45) is 12.0. The molecule has 1 saturated heterocycles. The van der Waals surface area contributed by atoms with Gasteiger partial charge in [-0.25, -0.2) is 0 Å². The zero-order chi connectivity index (χ0) is 31.9. The summed E-state index contributed by atoms with van der Waals surface area (Å²) in [6.45, 7) is 4.31. The molecule has 1 amide bonds. The van der Waals surface area contributed by atoms with Crippen molar-refractivity contribution in [3.63, 3.8) is 0 Å². The summed E-state index contributed by atoms with van der Waals surface area (Å²) in [6, 6.07) is 12.0. The molecular weight excluding hydrogens is 656 g/mol. The summed E-state index contributed by atoms with van der Waals surface area (Å²) in [5, 5.41) is 0.776. The van der Waals surface area contributed by atoms with Gasteiger partial charge in [0.05, 0.1) is 16.9 Å². The van der Waals surface area contributed by atoms with Crippen LogP contribution >= 0.6 is 35.1 Å². The number of methoxy groups -OCH3 is 1. The van der Waals surface area contributed by atoms with E-state index in [1.807, 2.05) is 48.8 Å². The molecule has 1 unspecified atom stereocenters. The Kier molecular flexibility index (Phi) is 9.79. The Morgan fingerprint density at radius 1 is 1.13 bits per heavy atom. The molecule has 2 aromatic carbocycles. The summed E-state index contributed by atoms with van der Waals surface area (Å²) in [7, 11) is -0.114. The molecule has 10 heteroatoms. The number of carbonyl (C=O) groups excluding carboxylic acids is 1. The number of fused-ring (bicyclic) bond motifs is 4. The zero-order valence-corrected chi connectivity index (χ0v) is 30.1. The fourth-order valence-electron chi connectivity index (χ4n) is 8.38. The van der Waals surface area contributed by atoms with Crippen LogP contribution < -0.4 is 9.64 Å². The van der Waals surface area contributed by atoms with Crippen molar-refractivity contribution in [3.05, 3.63) is 70.3 Å². The van der Waals surface area contributed by atoms with E-state index < -0.39 is 16.5 Å². The standard InChI is InChI=1S/C36H45ClN2O4S3/c1-24-6-3-15-36(42-2,34-44-16-5-17-45-34)30-11-8-27(30)20-39-22-35(14-4-7-25-18-28(37)10-12-29(25)35)23-43-32-13-9-26(19-31(32)39)33(40)38-46(41)21-24/h3,9-10,12-13,15,18-19,24,27,30,34,46H,4-8,11,14,16-17,20-23H2,1-2H3/b15-3+/t24-,27-,30+,35-,36+/m0/s1. The van der Waals surface area contributed by atoms with Crippen molar-refractivity contribution in [1.82, 2.24) is 0 Å². The van der Waals surface area contributed by atoms with E-state index in [4.69, 9.17) is 21.1 Å². The number of amides is 1. The number of thiol groups is 1. The molecule has 3 heterocycles. The molecule has 7 rings (SSSR count). The summed E-state index contributed by atoms with van der Waals surface area (Å²) in [5.74, 6) is 4.02. The van der Waals surface area contributed by atoms with Crippen molar-refractivity contribution in [2.75, 3.05) is 49.0 Å². The second kappa shape index (κ2) is 13.7. The molecule has 0 N–H and O–H groups in total. The van der Waals surface area contributed by atoms with Crippen molar-refractivity contribution >= 4 is 57.3 Å². The van der Waals surface area contributed by atoms with Crippen molar-refractivity contribution in [1.29, 1.82) is 0 Å². The van der Waals surface area contributed by atoms with Crippen LogP contribution in [0.2, 0.25) is 5.02 Å². The van der Waals surface area contributed by atoms with E-state index in [0.29, 0.717) is 34.3 Å². The smallest absolute Gasteiger partial charge is 0.284 e. The Morgan fingerprint density at radius 3 is 2.76 bits per heavy atom. The van der Waals surface area contributed by atoms with Crippen molar-refractivity contribution in [2.24, 2.45) is 22.1 Å². The van der Waals surface area contributed by atoms with E-state index in [1.54, 1.807) is 6.07 Å². The van der Waals surface area contributed by atoms with Gasteiger partial charge in [-0.15, -0.1) is 23.5 Å². The molecular formula is C36H45ClN2O4S3. The molecule has 2 aromatic rings. The van der Waals surface area contributed by atoms with Gasteiger partial charge in [0.15, 0.2) is 0 Å². The largest absolute Gasteiger partial charge is 0.490 e. The summed E-state index contributed by atoms with van der Waals surface area (Å²) in [5.41, 5.74) is 3.46. The Balaban J connectivity index is 1.33. The highest BCUT2D eigenvalue weighted by Gasteiger charge is 2.53. The van der Waals surface area contributed by atoms with Gasteiger partial charge in [0.25, 0.3) is 5.91 Å². The van der Waals surface area contributed by atoms with Crippen molar-refractivity contribution in [3.8, 4) is 5.75 Å². The van der Waals surface area contributed by atoms with Gasteiger partial charge in [-0.05, 0) is 116 Å². The predicted molar refractivity (Wildman–Crippen MR) is 194 cm³/mol. The fourth-order valence-corrected chi connectivity index (χ4v) is 13.1. The summed E-state index contributed by atoms with van der Waals surface area (Å²) >= 11 is 10.6. The molecule has 248 valence electrons. The van der Waals surface area contributed by atoms with Gasteiger partial charge >= 0.3 is 0 Å². The van der Waals surface area contributed by atoms with Gasteiger partial charge in [0.2, 0.25) is 0 Å². The third kappa shape index (κ3) is 6.28. The monoisotopic (exact) mass is 700 g/mol. The van der Waals surface area contributed by atoms with Gasteiger partial charge in [-0.1, -0.05) is 36.7 Å². The van der Waals surface area contributed by atoms with E-state index in [0.717, 1.165) is 79.6 Å². The molecule has 2 aliphatic carbocycles. The maximum atomic E-state index is 13.4. The van der Waals surface area contributed by atoms with E-state index in [2.05, 4.69) is 40.5 Å². The SMILES string of the molecule is CO[C@]1(C2SCCCS2)/C=C/C[C@H](C)C/[SH](=O)=N\C(=O)c2ccc3c(c2)N(C[C@@H]2CC[C@H]21)C[C@@]1(CCCc2cc(Cl)ccc21)CO3. The van der Waals surface area contributed by atoms with Crippen LogP contribution in [-0.2, 0) is 27.2 Å². The lowest BCUT2D eigenvalue weighted by Crippen LogP contribution is -2.56. The normalized spacial score (nSPS) is 34.7. The van der Waals surface area contributed by atoms with Crippen LogP contribution in [0.3, 0.4) is 0 Å². The Labute approximate surface area is 289 Å². The van der Waals surface area contributed by atoms with Crippen LogP contribution in [0.5, 0.6) is 5.75 Å². The van der Waals surface area contributed by atoms with Crippen molar-refractivity contribution in [2.45, 2.75) is 67.5 Å². The summed E-state index contributed by atoms with van der Waals surface area (Å²) < 4.78 is 30.9. The minimum Gasteiger partial charge on any atom is -0.490 e. The molecule has 1 saturated carbocycles. The number of carbonyl (C=O) groups is 1. The Morgan fingerprint density at radius 2 is 1.98 bits per heavy atom. The first-order valence-electron chi connectivity index (χ1n) is 16.8. The van der Waals surface area contributed by atoms with Crippen molar-refractivity contribution < 1.29 is 18.5 Å². The van der Waals surface area contributed by atoms with E-state index in [1.165, 1.54) is 17.5 Å². The molecule has 46 heavy (non-hydrogen) atoms. The minimum atomic E-state index is -2.02. The second-order valence-corrected chi connectivity index (χ2v) is 18.3. The minimum absolute atomic E-state index is 0.142. The maximum absolute atomic E-state index is 13.4. The third-order valence-electron chi connectivity index (χ3n) is 10.9. The van der Waals surface area contributed by atoms with Gasteiger partial charge in [-0.2, -0.15) is 4.36 Å². The number of ether oxygens (including phenoxy) is 2. The quantitative estimate of drug-likeness (QED) is 0.253.